The third kappa shape index (κ3) is 7.52. The van der Waals surface area contributed by atoms with Crippen molar-refractivity contribution < 1.29 is 17.9 Å². The van der Waals surface area contributed by atoms with Crippen LogP contribution in [0, 0.1) is 0 Å². The van der Waals surface area contributed by atoms with Gasteiger partial charge in [-0.25, -0.2) is 9.98 Å². The lowest BCUT2D eigenvalue weighted by atomic mass is 10.3. The van der Waals surface area contributed by atoms with E-state index in [0.717, 1.165) is 19.4 Å². The lowest BCUT2D eigenvalue weighted by molar-refractivity contribution is -0.154. The molecule has 0 aliphatic rings. The molecule has 0 aliphatic heterocycles. The molecule has 0 spiro atoms. The van der Waals surface area contributed by atoms with Gasteiger partial charge in [-0.1, -0.05) is 19.4 Å². The van der Waals surface area contributed by atoms with E-state index in [1.807, 2.05) is 18.9 Å². The number of halogens is 3. The van der Waals surface area contributed by atoms with Gasteiger partial charge in [0.1, 0.15) is 0 Å². The van der Waals surface area contributed by atoms with Crippen LogP contribution in [0.4, 0.5) is 13.2 Å². The fourth-order valence-corrected chi connectivity index (χ4v) is 1.96. The molecule has 0 fully saturated rings. The Balaban J connectivity index is 2.81. The Morgan fingerprint density at radius 3 is 2.75 bits per heavy atom. The third-order valence-electron chi connectivity index (χ3n) is 3.17. The average molecular weight is 346 g/mol. The fraction of sp³-hybridized carbons (Fsp3) is 0.625. The normalized spacial score (nSPS) is 12.2. The van der Waals surface area contributed by atoms with E-state index < -0.39 is 12.8 Å². The molecule has 0 radical (unpaired) electrons. The molecule has 0 aromatic carbocycles. The molecule has 0 bridgehead atoms. The largest absolute Gasteiger partial charge is 0.468 e. The number of rotatable bonds is 8. The molecule has 0 saturated carbocycles. The second kappa shape index (κ2) is 10.00. The van der Waals surface area contributed by atoms with Gasteiger partial charge in [-0.05, 0) is 19.4 Å². The van der Waals surface area contributed by atoms with Crippen LogP contribution in [0.5, 0.6) is 5.88 Å². The summed E-state index contributed by atoms with van der Waals surface area (Å²) in [6.07, 6.45) is -0.889. The van der Waals surface area contributed by atoms with E-state index in [-0.39, 0.29) is 12.4 Å². The first-order valence-electron chi connectivity index (χ1n) is 8.00. The number of nitrogens with one attached hydrogen (secondary N) is 1. The van der Waals surface area contributed by atoms with Crippen LogP contribution in [0.3, 0.4) is 0 Å². The minimum absolute atomic E-state index is 0.0364. The molecule has 1 N–H and O–H groups in total. The molecule has 136 valence electrons. The second-order valence-electron chi connectivity index (χ2n) is 5.32. The van der Waals surface area contributed by atoms with Crippen molar-refractivity contribution >= 4 is 5.96 Å². The smallest absolute Gasteiger partial charge is 0.422 e. The van der Waals surface area contributed by atoms with E-state index in [4.69, 9.17) is 4.74 Å². The lowest BCUT2D eigenvalue weighted by Gasteiger charge is -2.22. The maximum absolute atomic E-state index is 12.3. The Kier molecular flexibility index (Phi) is 8.35. The summed E-state index contributed by atoms with van der Waals surface area (Å²) in [4.78, 5) is 10.3. The van der Waals surface area contributed by atoms with Crippen LogP contribution < -0.4 is 10.1 Å². The van der Waals surface area contributed by atoms with Gasteiger partial charge in [0.2, 0.25) is 5.88 Å². The summed E-state index contributed by atoms with van der Waals surface area (Å²) >= 11 is 0. The molecular formula is C16H25F3N4O. The standard InChI is InChI=1S/C16H25F3N4O/c1-4-6-10-23(3)15(20-5-2)22-11-13-8-7-9-21-14(13)24-12-16(17,18)19/h7-9H,4-6,10-12H2,1-3H3,(H,20,22). The summed E-state index contributed by atoms with van der Waals surface area (Å²) in [5, 5.41) is 3.17. The number of hydrogen-bond acceptors (Lipinski definition) is 3. The molecule has 0 saturated heterocycles. The highest BCUT2D eigenvalue weighted by Gasteiger charge is 2.29. The van der Waals surface area contributed by atoms with Crippen molar-refractivity contribution in [3.63, 3.8) is 0 Å². The van der Waals surface area contributed by atoms with Gasteiger partial charge in [0.25, 0.3) is 0 Å². The SMILES string of the molecule is CCCCN(C)C(=NCc1cccnc1OCC(F)(F)F)NCC. The van der Waals surface area contributed by atoms with E-state index in [2.05, 4.69) is 22.2 Å². The molecule has 1 aromatic rings. The van der Waals surface area contributed by atoms with Crippen molar-refractivity contribution in [1.82, 2.24) is 15.2 Å². The van der Waals surface area contributed by atoms with Crippen LogP contribution >= 0.6 is 0 Å². The van der Waals surface area contributed by atoms with Crippen molar-refractivity contribution in [2.24, 2.45) is 4.99 Å². The van der Waals surface area contributed by atoms with Crippen LogP contribution in [-0.2, 0) is 6.54 Å². The monoisotopic (exact) mass is 346 g/mol. The minimum atomic E-state index is -4.40. The van der Waals surface area contributed by atoms with Crippen LogP contribution in [0.15, 0.2) is 23.3 Å². The van der Waals surface area contributed by atoms with Gasteiger partial charge in [-0.2, -0.15) is 13.2 Å². The molecule has 1 rings (SSSR count). The van der Waals surface area contributed by atoms with Crippen molar-refractivity contribution in [1.29, 1.82) is 0 Å². The van der Waals surface area contributed by atoms with Crippen molar-refractivity contribution in [2.45, 2.75) is 39.4 Å². The first-order chi connectivity index (χ1) is 11.4. The van der Waals surface area contributed by atoms with Crippen LogP contribution in [0.1, 0.15) is 32.3 Å². The summed E-state index contributed by atoms with van der Waals surface area (Å²) in [6.45, 7) is 4.46. The zero-order chi connectivity index (χ0) is 18.0. The van der Waals surface area contributed by atoms with Crippen LogP contribution in [0.2, 0.25) is 0 Å². The molecule has 0 unspecified atom stereocenters. The number of ether oxygens (including phenoxy) is 1. The Labute approximate surface area is 140 Å². The average Bonchev–Trinajstić information content (AvgIpc) is 2.54. The molecule has 8 heteroatoms. The maximum atomic E-state index is 12.3. The molecule has 1 aromatic heterocycles. The van der Waals surface area contributed by atoms with Gasteiger partial charge in [0.05, 0.1) is 6.54 Å². The van der Waals surface area contributed by atoms with E-state index in [9.17, 15) is 13.2 Å². The minimum Gasteiger partial charge on any atom is -0.468 e. The number of alkyl halides is 3. The summed E-state index contributed by atoms with van der Waals surface area (Å²) in [5.74, 6) is 0.669. The van der Waals surface area contributed by atoms with Crippen LogP contribution in [-0.4, -0.2) is 48.8 Å². The van der Waals surface area contributed by atoms with Crippen molar-refractivity contribution in [3.05, 3.63) is 23.9 Å². The van der Waals surface area contributed by atoms with Gasteiger partial charge in [-0.15, -0.1) is 0 Å². The quantitative estimate of drug-likeness (QED) is 0.580. The summed E-state index contributed by atoms with van der Waals surface area (Å²) in [7, 11) is 1.93. The molecule has 0 amide bonds. The first-order valence-corrected chi connectivity index (χ1v) is 8.00. The second-order valence-corrected chi connectivity index (χ2v) is 5.32. The molecule has 0 atom stereocenters. The number of pyridine rings is 1. The van der Waals surface area contributed by atoms with Gasteiger partial charge < -0.3 is 15.0 Å². The first kappa shape index (κ1) is 20.1. The van der Waals surface area contributed by atoms with E-state index >= 15 is 0 Å². The summed E-state index contributed by atoms with van der Waals surface area (Å²) in [5.41, 5.74) is 0.515. The van der Waals surface area contributed by atoms with Gasteiger partial charge in [0.15, 0.2) is 12.6 Å². The Morgan fingerprint density at radius 1 is 1.38 bits per heavy atom. The maximum Gasteiger partial charge on any atom is 0.422 e. The molecule has 1 heterocycles. The third-order valence-corrected chi connectivity index (χ3v) is 3.17. The van der Waals surface area contributed by atoms with Crippen LogP contribution in [0.25, 0.3) is 0 Å². The Morgan fingerprint density at radius 2 is 2.12 bits per heavy atom. The highest BCUT2D eigenvalue weighted by atomic mass is 19.4. The van der Waals surface area contributed by atoms with E-state index in [1.165, 1.54) is 6.20 Å². The fourth-order valence-electron chi connectivity index (χ4n) is 1.96. The number of guanidine groups is 1. The lowest BCUT2D eigenvalue weighted by Crippen LogP contribution is -2.39. The Bertz CT molecular complexity index is 520. The summed E-state index contributed by atoms with van der Waals surface area (Å²) < 4.78 is 41.7. The van der Waals surface area contributed by atoms with E-state index in [0.29, 0.717) is 18.1 Å². The molecule has 24 heavy (non-hydrogen) atoms. The zero-order valence-electron chi connectivity index (χ0n) is 14.4. The molecule has 5 nitrogen and oxygen atoms in total. The van der Waals surface area contributed by atoms with Gasteiger partial charge >= 0.3 is 6.18 Å². The van der Waals surface area contributed by atoms with E-state index in [1.54, 1.807) is 12.1 Å². The number of aliphatic imine (C=N–C) groups is 1. The number of unbranched alkanes of at least 4 members (excludes halogenated alkanes) is 1. The van der Waals surface area contributed by atoms with Gasteiger partial charge in [0, 0.05) is 31.9 Å². The van der Waals surface area contributed by atoms with Crippen molar-refractivity contribution in [3.8, 4) is 5.88 Å². The number of aromatic nitrogens is 1. The summed E-state index contributed by atoms with van der Waals surface area (Å²) in [6, 6.07) is 3.32. The number of nitrogens with zero attached hydrogens (tertiary/aromatic N) is 3. The highest BCUT2D eigenvalue weighted by Crippen LogP contribution is 2.20. The van der Waals surface area contributed by atoms with Gasteiger partial charge in [-0.3, -0.25) is 0 Å². The predicted octanol–water partition coefficient (Wildman–Crippen LogP) is 3.22. The molecular weight excluding hydrogens is 321 g/mol. The highest BCUT2D eigenvalue weighted by molar-refractivity contribution is 5.79. The predicted molar refractivity (Wildman–Crippen MR) is 88.1 cm³/mol. The zero-order valence-corrected chi connectivity index (χ0v) is 14.4. The topological polar surface area (TPSA) is 49.8 Å². The molecule has 0 aliphatic carbocycles. The Hall–Kier alpha value is -1.99. The number of hydrogen-bond donors (Lipinski definition) is 1. The van der Waals surface area contributed by atoms with Crippen molar-refractivity contribution in [2.75, 3.05) is 26.7 Å².